The predicted molar refractivity (Wildman–Crippen MR) is 123 cm³/mol. The molecule has 1 aliphatic rings. The summed E-state index contributed by atoms with van der Waals surface area (Å²) in [6.07, 6.45) is 5.60. The number of ether oxygens (including phenoxy) is 2. The lowest BCUT2D eigenvalue weighted by molar-refractivity contribution is -0.155. The first kappa shape index (κ1) is 21.6. The number of benzene rings is 1. The van der Waals surface area contributed by atoms with Gasteiger partial charge in [-0.05, 0) is 56.7 Å². The average molecular weight is 441 g/mol. The second-order valence-electron chi connectivity index (χ2n) is 8.01. The van der Waals surface area contributed by atoms with Crippen LogP contribution in [0.4, 0.5) is 0 Å². The average Bonchev–Trinajstić information content (AvgIpc) is 3.21. The fourth-order valence-corrected chi connectivity index (χ4v) is 5.32. The number of esters is 1. The van der Waals surface area contributed by atoms with E-state index in [0.717, 1.165) is 42.6 Å². The van der Waals surface area contributed by atoms with E-state index in [0.29, 0.717) is 22.5 Å². The third-order valence-corrected chi connectivity index (χ3v) is 6.89. The Kier molecular flexibility index (Phi) is 6.41. The molecule has 3 aromatic rings. The van der Waals surface area contributed by atoms with Gasteiger partial charge in [0.25, 0.3) is 5.56 Å². The highest BCUT2D eigenvalue weighted by atomic mass is 32.1. The summed E-state index contributed by atoms with van der Waals surface area (Å²) < 4.78 is 12.6. The topological polar surface area (TPSA) is 70.4 Å². The summed E-state index contributed by atoms with van der Waals surface area (Å²) in [6.45, 7) is 3.69. The molecule has 164 valence electrons. The number of nitrogens with zero attached hydrogens (tertiary/aromatic N) is 2. The Morgan fingerprint density at radius 1 is 1.23 bits per heavy atom. The minimum absolute atomic E-state index is 0.0426. The van der Waals surface area contributed by atoms with E-state index in [1.54, 1.807) is 14.0 Å². The number of aromatic nitrogens is 2. The van der Waals surface area contributed by atoms with E-state index in [-0.39, 0.29) is 17.6 Å². The number of carbonyl (C=O) groups is 1. The van der Waals surface area contributed by atoms with Gasteiger partial charge in [0.05, 0.1) is 12.5 Å². The van der Waals surface area contributed by atoms with Gasteiger partial charge in [-0.15, -0.1) is 11.3 Å². The Balaban J connectivity index is 1.74. The van der Waals surface area contributed by atoms with Gasteiger partial charge < -0.3 is 9.47 Å². The van der Waals surface area contributed by atoms with Gasteiger partial charge in [-0.3, -0.25) is 9.36 Å². The summed E-state index contributed by atoms with van der Waals surface area (Å²) in [4.78, 5) is 32.0. The summed E-state index contributed by atoms with van der Waals surface area (Å²) in [7, 11) is 1.62. The second kappa shape index (κ2) is 9.22. The molecule has 1 saturated carbocycles. The van der Waals surface area contributed by atoms with Crippen LogP contribution in [0.2, 0.25) is 0 Å². The molecule has 1 unspecified atom stereocenters. The first-order valence-electron chi connectivity index (χ1n) is 10.9. The Morgan fingerprint density at radius 3 is 2.58 bits per heavy atom. The van der Waals surface area contributed by atoms with E-state index in [4.69, 9.17) is 9.47 Å². The van der Waals surface area contributed by atoms with Crippen molar-refractivity contribution in [2.45, 2.75) is 64.5 Å². The standard InChI is InChI=1S/C24H28N2O4S/c1-4-20(24(28)30-18-8-6-5-7-9-18)26-15(2)25-22-21(23(26)27)19(14-31-22)16-10-12-17(29-3)13-11-16/h10-14,18,20H,4-9H2,1-3H3. The Morgan fingerprint density at radius 2 is 1.94 bits per heavy atom. The lowest BCUT2D eigenvalue weighted by Gasteiger charge is -2.25. The van der Waals surface area contributed by atoms with E-state index >= 15 is 0 Å². The van der Waals surface area contributed by atoms with Gasteiger partial charge in [-0.2, -0.15) is 0 Å². The summed E-state index contributed by atoms with van der Waals surface area (Å²) in [5.74, 6) is 0.959. The van der Waals surface area contributed by atoms with Crippen LogP contribution in [0.3, 0.4) is 0 Å². The smallest absolute Gasteiger partial charge is 0.329 e. The van der Waals surface area contributed by atoms with Crippen LogP contribution in [0.15, 0.2) is 34.4 Å². The summed E-state index contributed by atoms with van der Waals surface area (Å²) in [6, 6.07) is 6.93. The zero-order valence-electron chi connectivity index (χ0n) is 18.2. The zero-order chi connectivity index (χ0) is 22.0. The largest absolute Gasteiger partial charge is 0.497 e. The van der Waals surface area contributed by atoms with Gasteiger partial charge in [0, 0.05) is 10.9 Å². The van der Waals surface area contributed by atoms with E-state index < -0.39 is 6.04 Å². The van der Waals surface area contributed by atoms with E-state index in [1.165, 1.54) is 22.3 Å². The molecule has 4 rings (SSSR count). The van der Waals surface area contributed by atoms with Crippen molar-refractivity contribution in [2.75, 3.05) is 7.11 Å². The van der Waals surface area contributed by atoms with Crippen molar-refractivity contribution < 1.29 is 14.3 Å². The molecule has 1 aliphatic carbocycles. The minimum atomic E-state index is -0.671. The summed E-state index contributed by atoms with van der Waals surface area (Å²) in [5, 5.41) is 2.50. The van der Waals surface area contributed by atoms with E-state index in [1.807, 2.05) is 36.6 Å². The maximum Gasteiger partial charge on any atom is 0.329 e. The lowest BCUT2D eigenvalue weighted by Crippen LogP contribution is -2.35. The Labute approximate surface area is 185 Å². The van der Waals surface area contributed by atoms with Gasteiger partial charge in [-0.25, -0.2) is 9.78 Å². The SMILES string of the molecule is CCC(C(=O)OC1CCCCC1)n1c(C)nc2scc(-c3ccc(OC)cc3)c2c1=O. The van der Waals surface area contributed by atoms with Crippen LogP contribution >= 0.6 is 11.3 Å². The summed E-state index contributed by atoms with van der Waals surface area (Å²) >= 11 is 1.44. The van der Waals surface area contributed by atoms with Crippen LogP contribution in [-0.4, -0.2) is 28.7 Å². The second-order valence-corrected chi connectivity index (χ2v) is 8.87. The predicted octanol–water partition coefficient (Wildman–Crippen LogP) is 5.27. The van der Waals surface area contributed by atoms with E-state index in [2.05, 4.69) is 4.98 Å². The highest BCUT2D eigenvalue weighted by Crippen LogP contribution is 2.33. The fraction of sp³-hybridized carbons (Fsp3) is 0.458. The third-order valence-electron chi connectivity index (χ3n) is 6.02. The number of methoxy groups -OCH3 is 1. The molecule has 7 heteroatoms. The van der Waals surface area contributed by atoms with Crippen LogP contribution < -0.4 is 10.3 Å². The van der Waals surface area contributed by atoms with Crippen molar-refractivity contribution in [3.63, 3.8) is 0 Å². The van der Waals surface area contributed by atoms with Crippen LogP contribution in [-0.2, 0) is 9.53 Å². The van der Waals surface area contributed by atoms with Crippen LogP contribution in [0, 0.1) is 6.92 Å². The molecule has 1 atom stereocenters. The molecular formula is C24H28N2O4S. The van der Waals surface area contributed by atoms with Gasteiger partial charge >= 0.3 is 5.97 Å². The number of fused-ring (bicyclic) bond motifs is 1. The highest BCUT2D eigenvalue weighted by Gasteiger charge is 2.28. The maximum absolute atomic E-state index is 13.6. The number of aryl methyl sites for hydroxylation is 1. The van der Waals surface area contributed by atoms with Crippen molar-refractivity contribution in [1.29, 1.82) is 0 Å². The normalized spacial score (nSPS) is 15.7. The molecule has 31 heavy (non-hydrogen) atoms. The molecule has 1 fully saturated rings. The van der Waals surface area contributed by atoms with Gasteiger partial charge in [0.1, 0.15) is 28.6 Å². The van der Waals surface area contributed by atoms with Gasteiger partial charge in [0.15, 0.2) is 0 Å². The molecule has 0 spiro atoms. The molecule has 6 nitrogen and oxygen atoms in total. The van der Waals surface area contributed by atoms with Crippen molar-refractivity contribution in [3.05, 3.63) is 45.8 Å². The monoisotopic (exact) mass is 440 g/mol. The molecule has 0 amide bonds. The van der Waals surface area contributed by atoms with Crippen molar-refractivity contribution in [1.82, 2.24) is 9.55 Å². The molecular weight excluding hydrogens is 412 g/mol. The first-order valence-corrected chi connectivity index (χ1v) is 11.8. The van der Waals surface area contributed by atoms with Crippen LogP contribution in [0.1, 0.15) is 57.3 Å². The van der Waals surface area contributed by atoms with Gasteiger partial charge in [0.2, 0.25) is 0 Å². The number of carbonyl (C=O) groups excluding carboxylic acids is 1. The maximum atomic E-state index is 13.6. The number of rotatable bonds is 6. The zero-order valence-corrected chi connectivity index (χ0v) is 19.0. The van der Waals surface area contributed by atoms with Crippen LogP contribution in [0.25, 0.3) is 21.3 Å². The van der Waals surface area contributed by atoms with Crippen molar-refractivity contribution in [2.24, 2.45) is 0 Å². The van der Waals surface area contributed by atoms with Crippen molar-refractivity contribution >= 4 is 27.5 Å². The minimum Gasteiger partial charge on any atom is -0.497 e. The molecule has 2 heterocycles. The molecule has 0 bridgehead atoms. The lowest BCUT2D eigenvalue weighted by atomic mass is 9.98. The first-order chi connectivity index (χ1) is 15.0. The quantitative estimate of drug-likeness (QED) is 0.489. The van der Waals surface area contributed by atoms with E-state index in [9.17, 15) is 9.59 Å². The number of hydrogen-bond donors (Lipinski definition) is 0. The molecule has 2 aromatic heterocycles. The Hall–Kier alpha value is -2.67. The molecule has 0 saturated heterocycles. The summed E-state index contributed by atoms with van der Waals surface area (Å²) in [5.41, 5.74) is 1.55. The number of thiophene rings is 1. The van der Waals surface area contributed by atoms with Gasteiger partial charge in [-0.1, -0.05) is 25.5 Å². The fourth-order valence-electron chi connectivity index (χ4n) is 4.34. The molecule has 0 radical (unpaired) electrons. The molecule has 0 N–H and O–H groups in total. The highest BCUT2D eigenvalue weighted by molar-refractivity contribution is 7.17. The van der Waals surface area contributed by atoms with Crippen molar-refractivity contribution in [3.8, 4) is 16.9 Å². The third kappa shape index (κ3) is 4.24. The molecule has 0 aliphatic heterocycles. The number of hydrogen-bond acceptors (Lipinski definition) is 6. The molecule has 1 aromatic carbocycles. The van der Waals surface area contributed by atoms with Crippen LogP contribution in [0.5, 0.6) is 5.75 Å². The Bertz CT molecular complexity index is 1130.